The Bertz CT molecular complexity index is 725. The summed E-state index contributed by atoms with van der Waals surface area (Å²) >= 11 is 0. The molecule has 1 aromatic heterocycles. The van der Waals surface area contributed by atoms with E-state index in [1.54, 1.807) is 31.3 Å². The van der Waals surface area contributed by atoms with Gasteiger partial charge in [-0.2, -0.15) is 23.4 Å². The van der Waals surface area contributed by atoms with Crippen LogP contribution in [0.15, 0.2) is 30.5 Å². The number of aromatic nitrogens is 2. The minimum Gasteiger partial charge on any atom is -0.480 e. The Morgan fingerprint density at radius 1 is 1.27 bits per heavy atom. The van der Waals surface area contributed by atoms with Gasteiger partial charge in [-0.15, -0.1) is 0 Å². The summed E-state index contributed by atoms with van der Waals surface area (Å²) in [6.45, 7) is 0. The van der Waals surface area contributed by atoms with Crippen LogP contribution in [0.25, 0.3) is 0 Å². The fourth-order valence-corrected chi connectivity index (χ4v) is 1.84. The maximum Gasteiger partial charge on any atom is 0.423 e. The second-order valence-corrected chi connectivity index (χ2v) is 4.28. The molecule has 22 heavy (non-hydrogen) atoms. The number of para-hydroxylation sites is 1. The van der Waals surface area contributed by atoms with Crippen LogP contribution in [0.4, 0.5) is 24.8 Å². The fourth-order valence-electron chi connectivity index (χ4n) is 1.84. The third-order valence-corrected chi connectivity index (χ3v) is 2.93. The van der Waals surface area contributed by atoms with E-state index in [0.29, 0.717) is 17.4 Å². The molecular weight excluding hydrogens is 297 g/mol. The molecule has 0 atom stereocenters. The third-order valence-electron chi connectivity index (χ3n) is 2.93. The van der Waals surface area contributed by atoms with Gasteiger partial charge in [0, 0.05) is 13.2 Å². The van der Waals surface area contributed by atoms with E-state index in [1.807, 2.05) is 6.07 Å². The van der Waals surface area contributed by atoms with Crippen molar-refractivity contribution < 1.29 is 17.9 Å². The zero-order valence-electron chi connectivity index (χ0n) is 11.7. The molecule has 0 saturated heterocycles. The summed E-state index contributed by atoms with van der Waals surface area (Å²) < 4.78 is 43.1. The highest BCUT2D eigenvalue weighted by atomic mass is 19.4. The van der Waals surface area contributed by atoms with Crippen molar-refractivity contribution in [2.45, 2.75) is 6.18 Å². The molecule has 1 heterocycles. The van der Waals surface area contributed by atoms with E-state index in [-0.39, 0.29) is 5.95 Å². The molecule has 0 N–H and O–H groups in total. The van der Waals surface area contributed by atoms with E-state index in [2.05, 4.69) is 9.97 Å². The molecule has 2 aromatic rings. The summed E-state index contributed by atoms with van der Waals surface area (Å²) in [5.74, 6) is -0.577. The van der Waals surface area contributed by atoms with Crippen LogP contribution in [-0.2, 0) is 6.18 Å². The Morgan fingerprint density at radius 2 is 1.95 bits per heavy atom. The largest absolute Gasteiger partial charge is 0.480 e. The average Bonchev–Trinajstić information content (AvgIpc) is 2.52. The van der Waals surface area contributed by atoms with Gasteiger partial charge in [0.15, 0.2) is 0 Å². The molecule has 5 nitrogen and oxygen atoms in total. The number of ether oxygens (including phenoxy) is 1. The van der Waals surface area contributed by atoms with Crippen molar-refractivity contribution in [1.82, 2.24) is 9.97 Å². The zero-order chi connectivity index (χ0) is 16.3. The number of hydrogen-bond donors (Lipinski definition) is 0. The number of nitrogens with zero attached hydrogens (tertiary/aromatic N) is 4. The summed E-state index contributed by atoms with van der Waals surface area (Å²) in [5, 5.41) is 9.07. The van der Waals surface area contributed by atoms with Crippen LogP contribution < -0.4 is 9.64 Å². The van der Waals surface area contributed by atoms with Crippen LogP contribution in [0.3, 0.4) is 0 Å². The number of alkyl halides is 3. The smallest absolute Gasteiger partial charge is 0.423 e. The molecule has 0 spiro atoms. The molecule has 0 unspecified atom stereocenters. The molecule has 0 aliphatic carbocycles. The van der Waals surface area contributed by atoms with Crippen molar-refractivity contribution in [3.05, 3.63) is 41.6 Å². The van der Waals surface area contributed by atoms with Crippen LogP contribution in [0.5, 0.6) is 5.88 Å². The molecule has 8 heteroatoms. The number of benzene rings is 1. The predicted octanol–water partition coefficient (Wildman–Crippen LogP) is 3.14. The average molecular weight is 308 g/mol. The number of rotatable bonds is 3. The van der Waals surface area contributed by atoms with Crippen molar-refractivity contribution >= 4 is 11.6 Å². The lowest BCUT2D eigenvalue weighted by molar-refractivity contribution is -0.139. The van der Waals surface area contributed by atoms with Crippen LogP contribution in [-0.4, -0.2) is 24.1 Å². The van der Waals surface area contributed by atoms with Crippen molar-refractivity contribution in [2.75, 3.05) is 19.1 Å². The van der Waals surface area contributed by atoms with Crippen LogP contribution in [0.1, 0.15) is 11.1 Å². The quantitative estimate of drug-likeness (QED) is 0.871. The molecule has 1 aromatic carbocycles. The number of nitriles is 1. The Morgan fingerprint density at radius 3 is 2.55 bits per heavy atom. The maximum atomic E-state index is 12.8. The summed E-state index contributed by atoms with van der Waals surface area (Å²) in [4.78, 5) is 8.90. The lowest BCUT2D eigenvalue weighted by Crippen LogP contribution is -2.17. The Kier molecular flexibility index (Phi) is 4.17. The standard InChI is InChI=1S/C14H11F3N4O/c1-21(11-6-4-3-5-9(11)7-18)13-19-8-10(14(15,16)17)12(20-13)22-2/h3-6,8H,1-2H3. The van der Waals surface area contributed by atoms with Gasteiger partial charge in [-0.25, -0.2) is 4.98 Å². The van der Waals surface area contributed by atoms with E-state index in [0.717, 1.165) is 7.11 Å². The van der Waals surface area contributed by atoms with Crippen molar-refractivity contribution in [2.24, 2.45) is 0 Å². The van der Waals surface area contributed by atoms with E-state index in [4.69, 9.17) is 10.00 Å². The van der Waals surface area contributed by atoms with Crippen molar-refractivity contribution in [3.63, 3.8) is 0 Å². The zero-order valence-corrected chi connectivity index (χ0v) is 11.7. The first kappa shape index (κ1) is 15.6. The van der Waals surface area contributed by atoms with Gasteiger partial charge in [0.25, 0.3) is 0 Å². The second kappa shape index (κ2) is 5.89. The normalized spacial score (nSPS) is 10.9. The van der Waals surface area contributed by atoms with Crippen molar-refractivity contribution in [3.8, 4) is 11.9 Å². The Hall–Kier alpha value is -2.82. The minimum absolute atomic E-state index is 0.00690. The lowest BCUT2D eigenvalue weighted by Gasteiger charge is -2.19. The van der Waals surface area contributed by atoms with Gasteiger partial charge in [0.1, 0.15) is 11.6 Å². The number of anilines is 2. The van der Waals surface area contributed by atoms with E-state index >= 15 is 0 Å². The van der Waals surface area contributed by atoms with Crippen LogP contribution in [0.2, 0.25) is 0 Å². The first-order valence-electron chi connectivity index (χ1n) is 6.09. The Balaban J connectivity index is 2.48. The topological polar surface area (TPSA) is 62.0 Å². The molecule has 0 bridgehead atoms. The van der Waals surface area contributed by atoms with Gasteiger partial charge >= 0.3 is 6.18 Å². The SMILES string of the molecule is COc1nc(N(C)c2ccccc2C#N)ncc1C(F)(F)F. The predicted molar refractivity (Wildman–Crippen MR) is 72.8 cm³/mol. The molecular formula is C14H11F3N4O. The first-order chi connectivity index (χ1) is 10.4. The molecule has 2 rings (SSSR count). The van der Waals surface area contributed by atoms with Crippen LogP contribution >= 0.6 is 0 Å². The monoisotopic (exact) mass is 308 g/mol. The molecule has 0 fully saturated rings. The van der Waals surface area contributed by atoms with Gasteiger partial charge in [0.05, 0.1) is 18.4 Å². The van der Waals surface area contributed by atoms with Crippen molar-refractivity contribution in [1.29, 1.82) is 5.26 Å². The van der Waals surface area contributed by atoms with Gasteiger partial charge in [0.2, 0.25) is 11.8 Å². The molecule has 0 saturated carbocycles. The highest BCUT2D eigenvalue weighted by Gasteiger charge is 2.36. The van der Waals surface area contributed by atoms with E-state index in [1.165, 1.54) is 4.90 Å². The van der Waals surface area contributed by atoms with Gasteiger partial charge < -0.3 is 9.64 Å². The molecule has 0 amide bonds. The molecule has 0 aliphatic heterocycles. The number of halogens is 3. The Labute approximate surface area is 124 Å². The summed E-state index contributed by atoms with van der Waals surface area (Å²) in [7, 11) is 2.66. The first-order valence-corrected chi connectivity index (χ1v) is 6.09. The third kappa shape index (κ3) is 2.93. The molecule has 0 aliphatic rings. The maximum absolute atomic E-state index is 12.8. The summed E-state index contributed by atoms with van der Waals surface area (Å²) in [6.07, 6.45) is -3.94. The fraction of sp³-hybridized carbons (Fsp3) is 0.214. The van der Waals surface area contributed by atoms with Gasteiger partial charge in [-0.05, 0) is 12.1 Å². The highest BCUT2D eigenvalue weighted by molar-refractivity contribution is 5.65. The van der Waals surface area contributed by atoms with Crippen LogP contribution in [0, 0.1) is 11.3 Å². The van der Waals surface area contributed by atoms with E-state index in [9.17, 15) is 13.2 Å². The van der Waals surface area contributed by atoms with Gasteiger partial charge in [-0.3, -0.25) is 0 Å². The number of methoxy groups -OCH3 is 1. The molecule has 0 radical (unpaired) electrons. The van der Waals surface area contributed by atoms with E-state index < -0.39 is 17.6 Å². The van der Waals surface area contributed by atoms with Gasteiger partial charge in [-0.1, -0.05) is 12.1 Å². The summed E-state index contributed by atoms with van der Waals surface area (Å²) in [6, 6.07) is 8.62. The highest BCUT2D eigenvalue weighted by Crippen LogP contribution is 2.36. The minimum atomic E-state index is -4.60. The molecule has 114 valence electrons. The lowest BCUT2D eigenvalue weighted by atomic mass is 10.2. The second-order valence-electron chi connectivity index (χ2n) is 4.28. The number of hydrogen-bond acceptors (Lipinski definition) is 5. The summed E-state index contributed by atoms with van der Waals surface area (Å²) in [5.41, 5.74) is -0.222.